The van der Waals surface area contributed by atoms with Gasteiger partial charge in [-0.1, -0.05) is 27.7 Å². The lowest BCUT2D eigenvalue weighted by molar-refractivity contribution is 0.0402. The minimum atomic E-state index is 0.573. The van der Waals surface area contributed by atoms with Crippen molar-refractivity contribution in [2.45, 2.75) is 65.5 Å². The first kappa shape index (κ1) is 13.4. The molecule has 0 bridgehead atoms. The molecule has 2 fully saturated rings. The summed E-state index contributed by atoms with van der Waals surface area (Å²) in [5.74, 6) is 0.860. The fourth-order valence-electron chi connectivity index (χ4n) is 4.11. The van der Waals surface area contributed by atoms with E-state index in [1.807, 2.05) is 0 Å². The van der Waals surface area contributed by atoms with Crippen molar-refractivity contribution in [1.82, 2.24) is 10.2 Å². The maximum Gasteiger partial charge on any atom is 0.0235 e. The first-order valence-corrected chi connectivity index (χ1v) is 7.50. The summed E-state index contributed by atoms with van der Waals surface area (Å²) < 4.78 is 0. The molecule has 1 saturated heterocycles. The summed E-state index contributed by atoms with van der Waals surface area (Å²) in [5.41, 5.74) is 0.573. The zero-order chi connectivity index (χ0) is 12.5. The van der Waals surface area contributed by atoms with Crippen LogP contribution in [0.2, 0.25) is 0 Å². The van der Waals surface area contributed by atoms with Crippen molar-refractivity contribution in [1.29, 1.82) is 0 Å². The second-order valence-corrected chi connectivity index (χ2v) is 6.93. The highest BCUT2D eigenvalue weighted by Crippen LogP contribution is 2.41. The molecule has 2 nitrogen and oxygen atoms in total. The molecule has 1 aliphatic heterocycles. The number of likely N-dealkylation sites (N-methyl/N-ethyl adjacent to an activating group) is 1. The standard InChI is InChI=1S/C15H30N2/c1-5-17(13-7-9-16-11-13)14-6-8-15(3,4)10-12(14)2/h12-14,16H,5-11H2,1-4H3. The molecule has 3 unspecified atom stereocenters. The highest BCUT2D eigenvalue weighted by molar-refractivity contribution is 4.92. The molecule has 17 heavy (non-hydrogen) atoms. The summed E-state index contributed by atoms with van der Waals surface area (Å²) in [6.45, 7) is 13.3. The van der Waals surface area contributed by atoms with Crippen molar-refractivity contribution in [2.75, 3.05) is 19.6 Å². The monoisotopic (exact) mass is 238 g/mol. The van der Waals surface area contributed by atoms with Gasteiger partial charge in [0.1, 0.15) is 0 Å². The predicted molar refractivity (Wildman–Crippen MR) is 74.2 cm³/mol. The second-order valence-electron chi connectivity index (χ2n) is 6.93. The molecule has 100 valence electrons. The number of nitrogens with one attached hydrogen (secondary N) is 1. The zero-order valence-electron chi connectivity index (χ0n) is 12.1. The van der Waals surface area contributed by atoms with Crippen molar-refractivity contribution in [3.63, 3.8) is 0 Å². The molecular weight excluding hydrogens is 208 g/mol. The molecule has 0 aromatic rings. The first-order valence-electron chi connectivity index (χ1n) is 7.50. The van der Waals surface area contributed by atoms with E-state index in [0.717, 1.165) is 18.0 Å². The fourth-order valence-corrected chi connectivity index (χ4v) is 4.11. The van der Waals surface area contributed by atoms with Gasteiger partial charge >= 0.3 is 0 Å². The smallest absolute Gasteiger partial charge is 0.0235 e. The van der Waals surface area contributed by atoms with Crippen molar-refractivity contribution in [3.05, 3.63) is 0 Å². The molecule has 1 N–H and O–H groups in total. The maximum atomic E-state index is 3.52. The lowest BCUT2D eigenvalue weighted by atomic mass is 9.70. The summed E-state index contributed by atoms with van der Waals surface area (Å²) in [6.07, 6.45) is 5.55. The molecular formula is C15H30N2. The van der Waals surface area contributed by atoms with E-state index in [0.29, 0.717) is 5.41 Å². The van der Waals surface area contributed by atoms with Crippen molar-refractivity contribution in [3.8, 4) is 0 Å². The van der Waals surface area contributed by atoms with Gasteiger partial charge in [-0.3, -0.25) is 4.90 Å². The van der Waals surface area contributed by atoms with Gasteiger partial charge in [-0.25, -0.2) is 0 Å². The Labute approximate surface area is 107 Å². The molecule has 1 saturated carbocycles. The summed E-state index contributed by atoms with van der Waals surface area (Å²) in [4.78, 5) is 2.79. The molecule has 1 heterocycles. The summed E-state index contributed by atoms with van der Waals surface area (Å²) in [5, 5.41) is 3.52. The van der Waals surface area contributed by atoms with Gasteiger partial charge in [0.15, 0.2) is 0 Å². The van der Waals surface area contributed by atoms with E-state index >= 15 is 0 Å². The van der Waals surface area contributed by atoms with Gasteiger partial charge in [-0.05, 0) is 50.1 Å². The van der Waals surface area contributed by atoms with E-state index in [9.17, 15) is 0 Å². The normalized spacial score (nSPS) is 37.6. The van der Waals surface area contributed by atoms with Gasteiger partial charge in [-0.2, -0.15) is 0 Å². The molecule has 0 amide bonds. The van der Waals surface area contributed by atoms with Crippen LogP contribution >= 0.6 is 0 Å². The highest BCUT2D eigenvalue weighted by atomic mass is 15.2. The Morgan fingerprint density at radius 2 is 2.06 bits per heavy atom. The van der Waals surface area contributed by atoms with Crippen LogP contribution in [-0.2, 0) is 0 Å². The van der Waals surface area contributed by atoms with E-state index in [1.54, 1.807) is 0 Å². The Balaban J connectivity index is 1.99. The van der Waals surface area contributed by atoms with Gasteiger partial charge in [0.2, 0.25) is 0 Å². The molecule has 0 radical (unpaired) electrons. The highest BCUT2D eigenvalue weighted by Gasteiger charge is 2.37. The minimum absolute atomic E-state index is 0.573. The van der Waals surface area contributed by atoms with E-state index < -0.39 is 0 Å². The molecule has 2 aliphatic rings. The van der Waals surface area contributed by atoms with Crippen LogP contribution in [0.3, 0.4) is 0 Å². The topological polar surface area (TPSA) is 15.3 Å². The summed E-state index contributed by atoms with van der Waals surface area (Å²) >= 11 is 0. The Kier molecular flexibility index (Phi) is 4.14. The predicted octanol–water partition coefficient (Wildman–Crippen LogP) is 2.89. The van der Waals surface area contributed by atoms with Gasteiger partial charge in [-0.15, -0.1) is 0 Å². The van der Waals surface area contributed by atoms with Crippen molar-refractivity contribution < 1.29 is 0 Å². The lowest BCUT2D eigenvalue weighted by Gasteiger charge is -2.46. The third-order valence-corrected chi connectivity index (χ3v) is 4.94. The fraction of sp³-hybridized carbons (Fsp3) is 1.00. The van der Waals surface area contributed by atoms with Crippen LogP contribution in [0.5, 0.6) is 0 Å². The van der Waals surface area contributed by atoms with Gasteiger partial charge in [0, 0.05) is 18.6 Å². The third kappa shape index (κ3) is 3.03. The van der Waals surface area contributed by atoms with Crippen LogP contribution in [0.4, 0.5) is 0 Å². The van der Waals surface area contributed by atoms with E-state index in [1.165, 1.54) is 45.3 Å². The van der Waals surface area contributed by atoms with Crippen LogP contribution in [-0.4, -0.2) is 36.6 Å². The van der Waals surface area contributed by atoms with Crippen LogP contribution in [0.25, 0.3) is 0 Å². The Bertz CT molecular complexity index is 243. The number of hydrogen-bond acceptors (Lipinski definition) is 2. The van der Waals surface area contributed by atoms with Crippen LogP contribution in [0, 0.1) is 11.3 Å². The molecule has 1 aliphatic carbocycles. The van der Waals surface area contributed by atoms with Gasteiger partial charge in [0.25, 0.3) is 0 Å². The van der Waals surface area contributed by atoms with Crippen LogP contribution in [0.15, 0.2) is 0 Å². The maximum absolute atomic E-state index is 3.52. The number of hydrogen-bond donors (Lipinski definition) is 1. The third-order valence-electron chi connectivity index (χ3n) is 4.94. The largest absolute Gasteiger partial charge is 0.315 e. The minimum Gasteiger partial charge on any atom is -0.315 e. The number of nitrogens with zero attached hydrogens (tertiary/aromatic N) is 1. The Hall–Kier alpha value is -0.0800. The molecule has 0 spiro atoms. The SMILES string of the molecule is CCN(C1CCNC1)C1CCC(C)(C)CC1C. The van der Waals surface area contributed by atoms with E-state index in [4.69, 9.17) is 0 Å². The molecule has 2 rings (SSSR count). The average Bonchev–Trinajstić information content (AvgIpc) is 2.74. The Morgan fingerprint density at radius 1 is 1.29 bits per heavy atom. The molecule has 0 aromatic carbocycles. The molecule has 3 atom stereocenters. The number of rotatable bonds is 3. The van der Waals surface area contributed by atoms with Gasteiger partial charge < -0.3 is 5.32 Å². The van der Waals surface area contributed by atoms with E-state index in [2.05, 4.69) is 37.9 Å². The summed E-state index contributed by atoms with van der Waals surface area (Å²) in [6, 6.07) is 1.63. The van der Waals surface area contributed by atoms with Gasteiger partial charge in [0.05, 0.1) is 0 Å². The molecule has 2 heteroatoms. The van der Waals surface area contributed by atoms with E-state index in [-0.39, 0.29) is 0 Å². The average molecular weight is 238 g/mol. The quantitative estimate of drug-likeness (QED) is 0.813. The zero-order valence-corrected chi connectivity index (χ0v) is 12.1. The lowest BCUT2D eigenvalue weighted by Crippen LogP contribution is -2.50. The van der Waals surface area contributed by atoms with Crippen molar-refractivity contribution in [2.24, 2.45) is 11.3 Å². The molecule has 0 aromatic heterocycles. The van der Waals surface area contributed by atoms with Crippen LogP contribution in [0.1, 0.15) is 53.4 Å². The second kappa shape index (κ2) is 5.27. The van der Waals surface area contributed by atoms with Crippen LogP contribution < -0.4 is 5.32 Å². The summed E-state index contributed by atoms with van der Waals surface area (Å²) in [7, 11) is 0. The Morgan fingerprint density at radius 3 is 2.59 bits per heavy atom. The van der Waals surface area contributed by atoms with Crippen molar-refractivity contribution >= 4 is 0 Å². The first-order chi connectivity index (χ1) is 8.03.